The number of nitro benzene ring substituents is 1. The summed E-state index contributed by atoms with van der Waals surface area (Å²) in [4.78, 5) is 34.0. The van der Waals surface area contributed by atoms with Crippen LogP contribution >= 0.6 is 0 Å². The number of nitrogens with one attached hydrogen (secondary N) is 2. The number of methoxy groups -OCH3 is 2. The summed E-state index contributed by atoms with van der Waals surface area (Å²) in [5.74, 6) is 2.88. The molecule has 0 aliphatic heterocycles. The lowest BCUT2D eigenvalue weighted by molar-refractivity contribution is -0.385. The van der Waals surface area contributed by atoms with Gasteiger partial charge in [0.2, 0.25) is 0 Å². The van der Waals surface area contributed by atoms with Crippen LogP contribution in [0.2, 0.25) is 0 Å². The number of amides is 1. The molecule has 12 heteroatoms. The molecule has 1 saturated carbocycles. The number of alkyl carbamates (subject to hydrolysis) is 1. The quantitative estimate of drug-likeness (QED) is 0.398. The largest absolute Gasteiger partial charge is 0.493 e. The van der Waals surface area contributed by atoms with Gasteiger partial charge in [-0.3, -0.25) is 10.1 Å². The van der Waals surface area contributed by atoms with E-state index in [9.17, 15) is 14.9 Å². The zero-order valence-electron chi connectivity index (χ0n) is 20.7. The molecule has 0 atom stereocenters. The fraction of sp³-hybridized carbons (Fsp3) is 0.522. The first-order valence-corrected chi connectivity index (χ1v) is 11.3. The standard InChI is InChI=1S/C23H32N6O6/c1-14-24-21(12-22(25-14)28(2)3)26-16-6-8-17(9-7-16)27-23(30)35-13-15-10-19(33-4)20(34-5)11-18(15)29(31)32/h10-12,16-17H,6-9,13H2,1-5H3,(H,27,30)(H,24,25,26). The molecule has 1 aromatic heterocycles. The fourth-order valence-corrected chi connectivity index (χ4v) is 3.99. The van der Waals surface area contributed by atoms with Gasteiger partial charge in [-0.25, -0.2) is 14.8 Å². The van der Waals surface area contributed by atoms with Crippen LogP contribution < -0.4 is 25.0 Å². The Morgan fingerprint density at radius 2 is 1.71 bits per heavy atom. The molecule has 0 bridgehead atoms. The van der Waals surface area contributed by atoms with Gasteiger partial charge in [0.1, 0.15) is 24.1 Å². The van der Waals surface area contributed by atoms with E-state index in [0.717, 1.165) is 37.3 Å². The van der Waals surface area contributed by atoms with Crippen molar-refractivity contribution in [3.63, 3.8) is 0 Å². The monoisotopic (exact) mass is 488 g/mol. The Morgan fingerprint density at radius 1 is 1.09 bits per heavy atom. The predicted octanol–water partition coefficient (Wildman–Crippen LogP) is 3.43. The molecule has 1 aliphatic carbocycles. The Hall–Kier alpha value is -3.83. The van der Waals surface area contributed by atoms with E-state index >= 15 is 0 Å². The summed E-state index contributed by atoms with van der Waals surface area (Å²) < 4.78 is 15.6. The lowest BCUT2D eigenvalue weighted by atomic mass is 9.91. The molecule has 0 radical (unpaired) electrons. The summed E-state index contributed by atoms with van der Waals surface area (Å²) in [6, 6.07) is 4.82. The average Bonchev–Trinajstić information content (AvgIpc) is 2.82. The number of aromatic nitrogens is 2. The number of nitro groups is 1. The van der Waals surface area contributed by atoms with Crippen LogP contribution in [0.3, 0.4) is 0 Å². The highest BCUT2D eigenvalue weighted by Crippen LogP contribution is 2.35. The summed E-state index contributed by atoms with van der Waals surface area (Å²) >= 11 is 0. The number of ether oxygens (including phenoxy) is 3. The molecular weight excluding hydrogens is 456 g/mol. The normalized spacial score (nSPS) is 17.3. The molecule has 3 rings (SSSR count). The van der Waals surface area contributed by atoms with Crippen LogP contribution in [-0.4, -0.2) is 61.4 Å². The molecule has 0 spiro atoms. The van der Waals surface area contributed by atoms with Crippen molar-refractivity contribution in [1.29, 1.82) is 0 Å². The second kappa shape index (κ2) is 11.5. The third kappa shape index (κ3) is 6.84. The molecule has 35 heavy (non-hydrogen) atoms. The Balaban J connectivity index is 1.51. The van der Waals surface area contributed by atoms with Crippen molar-refractivity contribution in [3.8, 4) is 11.5 Å². The molecule has 190 valence electrons. The van der Waals surface area contributed by atoms with Crippen LogP contribution in [-0.2, 0) is 11.3 Å². The number of nitrogens with zero attached hydrogens (tertiary/aromatic N) is 4. The van der Waals surface area contributed by atoms with Crippen molar-refractivity contribution in [2.45, 2.75) is 51.3 Å². The first kappa shape index (κ1) is 25.8. The lowest BCUT2D eigenvalue weighted by Crippen LogP contribution is -2.40. The number of benzene rings is 1. The summed E-state index contributed by atoms with van der Waals surface area (Å²) in [6.07, 6.45) is 2.63. The molecule has 1 aromatic carbocycles. The average molecular weight is 489 g/mol. The van der Waals surface area contributed by atoms with E-state index in [-0.39, 0.29) is 35.7 Å². The summed E-state index contributed by atoms with van der Waals surface area (Å²) in [7, 11) is 6.69. The van der Waals surface area contributed by atoms with Crippen LogP contribution in [0.5, 0.6) is 11.5 Å². The smallest absolute Gasteiger partial charge is 0.407 e. The number of hydrogen-bond donors (Lipinski definition) is 2. The molecule has 1 amide bonds. The van der Waals surface area contributed by atoms with Crippen LogP contribution in [0.25, 0.3) is 0 Å². The van der Waals surface area contributed by atoms with E-state index in [2.05, 4.69) is 20.6 Å². The Kier molecular flexibility index (Phi) is 8.50. The SMILES string of the molecule is COc1cc(COC(=O)NC2CCC(Nc3cc(N(C)C)nc(C)n3)CC2)c([N+](=O)[O-])cc1OC. The minimum Gasteiger partial charge on any atom is -0.493 e. The maximum absolute atomic E-state index is 12.4. The topological polar surface area (TPSA) is 141 Å². The van der Waals surface area contributed by atoms with E-state index in [1.807, 2.05) is 32.0 Å². The highest BCUT2D eigenvalue weighted by atomic mass is 16.6. The van der Waals surface area contributed by atoms with Crippen LogP contribution in [0, 0.1) is 17.0 Å². The summed E-state index contributed by atoms with van der Waals surface area (Å²) in [5, 5.41) is 17.7. The Morgan fingerprint density at radius 3 is 2.31 bits per heavy atom. The van der Waals surface area contributed by atoms with Gasteiger partial charge < -0.3 is 29.7 Å². The minimum absolute atomic E-state index is 0.0367. The first-order chi connectivity index (χ1) is 16.7. The van der Waals surface area contributed by atoms with Gasteiger partial charge in [0.05, 0.1) is 30.8 Å². The lowest BCUT2D eigenvalue weighted by Gasteiger charge is -2.30. The number of aryl methyl sites for hydroxylation is 1. The Bertz CT molecular complexity index is 1060. The maximum atomic E-state index is 12.4. The molecule has 0 saturated heterocycles. The van der Waals surface area contributed by atoms with Gasteiger partial charge in [0, 0.05) is 32.2 Å². The zero-order chi connectivity index (χ0) is 25.5. The summed E-state index contributed by atoms with van der Waals surface area (Å²) in [5.41, 5.74) is 0.00682. The highest BCUT2D eigenvalue weighted by molar-refractivity contribution is 5.68. The number of hydrogen-bond acceptors (Lipinski definition) is 10. The van der Waals surface area contributed by atoms with E-state index < -0.39 is 11.0 Å². The van der Waals surface area contributed by atoms with Crippen molar-refractivity contribution in [2.75, 3.05) is 38.5 Å². The van der Waals surface area contributed by atoms with Crippen molar-refractivity contribution in [1.82, 2.24) is 15.3 Å². The number of carbonyl (C=O) groups excluding carboxylic acids is 1. The molecule has 1 fully saturated rings. The Labute approximate surface area is 204 Å². The molecule has 2 aromatic rings. The van der Waals surface area contributed by atoms with E-state index in [4.69, 9.17) is 14.2 Å². The van der Waals surface area contributed by atoms with E-state index in [1.165, 1.54) is 26.4 Å². The van der Waals surface area contributed by atoms with Crippen molar-refractivity contribution < 1.29 is 23.9 Å². The third-order valence-electron chi connectivity index (χ3n) is 5.82. The van der Waals surface area contributed by atoms with E-state index in [0.29, 0.717) is 11.6 Å². The second-order valence-corrected chi connectivity index (χ2v) is 8.56. The molecule has 12 nitrogen and oxygen atoms in total. The van der Waals surface area contributed by atoms with Crippen LogP contribution in [0.1, 0.15) is 37.1 Å². The van der Waals surface area contributed by atoms with E-state index in [1.54, 1.807) is 0 Å². The van der Waals surface area contributed by atoms with Crippen LogP contribution in [0.4, 0.5) is 22.1 Å². The molecular formula is C23H32N6O6. The number of carbonyl (C=O) groups is 1. The maximum Gasteiger partial charge on any atom is 0.407 e. The molecule has 2 N–H and O–H groups in total. The molecule has 0 unspecified atom stereocenters. The van der Waals surface area contributed by atoms with Gasteiger partial charge in [-0.15, -0.1) is 0 Å². The minimum atomic E-state index is -0.618. The van der Waals surface area contributed by atoms with Crippen LogP contribution in [0.15, 0.2) is 18.2 Å². The van der Waals surface area contributed by atoms with Gasteiger partial charge in [0.15, 0.2) is 11.5 Å². The van der Waals surface area contributed by atoms with Crippen molar-refractivity contribution in [3.05, 3.63) is 39.7 Å². The zero-order valence-corrected chi connectivity index (χ0v) is 20.7. The van der Waals surface area contributed by atoms with Gasteiger partial charge >= 0.3 is 6.09 Å². The van der Waals surface area contributed by atoms with Gasteiger partial charge in [-0.05, 0) is 38.7 Å². The van der Waals surface area contributed by atoms with Gasteiger partial charge in [-0.1, -0.05) is 0 Å². The van der Waals surface area contributed by atoms with Crippen molar-refractivity contribution in [2.24, 2.45) is 0 Å². The molecule has 1 aliphatic rings. The summed E-state index contributed by atoms with van der Waals surface area (Å²) in [6.45, 7) is 1.60. The van der Waals surface area contributed by atoms with Gasteiger partial charge in [-0.2, -0.15) is 0 Å². The molecule has 1 heterocycles. The fourth-order valence-electron chi connectivity index (χ4n) is 3.99. The third-order valence-corrected chi connectivity index (χ3v) is 5.82. The highest BCUT2D eigenvalue weighted by Gasteiger charge is 2.25. The van der Waals surface area contributed by atoms with Crippen molar-refractivity contribution >= 4 is 23.4 Å². The van der Waals surface area contributed by atoms with Gasteiger partial charge in [0.25, 0.3) is 5.69 Å². The number of rotatable bonds is 9. The predicted molar refractivity (Wildman–Crippen MR) is 130 cm³/mol. The second-order valence-electron chi connectivity index (χ2n) is 8.56. The number of anilines is 2. The first-order valence-electron chi connectivity index (χ1n) is 11.3.